The summed E-state index contributed by atoms with van der Waals surface area (Å²) >= 11 is 1.79. The Hall–Kier alpha value is -1.75. The van der Waals surface area contributed by atoms with Crippen molar-refractivity contribution in [2.75, 3.05) is 29.6 Å². The molecule has 1 heterocycles. The molecule has 0 atom stereocenters. The third-order valence-corrected chi connectivity index (χ3v) is 3.00. The van der Waals surface area contributed by atoms with Gasteiger partial charge in [0.15, 0.2) is 5.82 Å². The molecule has 4 nitrogen and oxygen atoms in total. The van der Waals surface area contributed by atoms with Gasteiger partial charge in [-0.15, -0.1) is 0 Å². The summed E-state index contributed by atoms with van der Waals surface area (Å²) in [7, 11) is 0. The molecule has 0 bridgehead atoms. The number of nitrogens with zero attached hydrogens (tertiary/aromatic N) is 2. The number of aromatic nitrogens is 2. The molecule has 1 aromatic heterocycles. The van der Waals surface area contributed by atoms with Crippen molar-refractivity contribution >= 4 is 23.4 Å². The number of benzene rings is 1. The van der Waals surface area contributed by atoms with Crippen LogP contribution in [0.1, 0.15) is 0 Å². The van der Waals surface area contributed by atoms with Gasteiger partial charge < -0.3 is 11.1 Å². The van der Waals surface area contributed by atoms with Crippen molar-refractivity contribution in [2.45, 2.75) is 0 Å². The number of rotatable bonds is 5. The van der Waals surface area contributed by atoms with E-state index in [1.54, 1.807) is 17.8 Å². The van der Waals surface area contributed by atoms with Gasteiger partial charge in [0.2, 0.25) is 0 Å². The van der Waals surface area contributed by atoms with Crippen LogP contribution in [-0.4, -0.2) is 28.5 Å². The Labute approximate surface area is 111 Å². The van der Waals surface area contributed by atoms with E-state index in [0.29, 0.717) is 11.6 Å². The zero-order chi connectivity index (χ0) is 12.8. The number of hydrogen-bond donors (Lipinski definition) is 2. The van der Waals surface area contributed by atoms with Gasteiger partial charge in [0.25, 0.3) is 0 Å². The number of anilines is 2. The SMILES string of the molecule is CSCCNc1cc(N)nc(-c2ccccc2)n1. The van der Waals surface area contributed by atoms with Crippen LogP contribution in [0.3, 0.4) is 0 Å². The summed E-state index contributed by atoms with van der Waals surface area (Å²) in [6.45, 7) is 0.867. The summed E-state index contributed by atoms with van der Waals surface area (Å²) in [6, 6.07) is 11.6. The first-order chi connectivity index (χ1) is 8.79. The monoisotopic (exact) mass is 260 g/mol. The standard InChI is InChI=1S/C13H16N4S/c1-18-8-7-15-12-9-11(14)16-13(17-12)10-5-3-2-4-6-10/h2-6,9H,7-8H2,1H3,(H3,14,15,16,17). The molecule has 0 unspecified atom stereocenters. The predicted octanol–water partition coefficient (Wildman–Crippen LogP) is 2.50. The average Bonchev–Trinajstić information content (AvgIpc) is 2.39. The third kappa shape index (κ3) is 3.37. The fraction of sp³-hybridized carbons (Fsp3) is 0.231. The van der Waals surface area contributed by atoms with Crippen molar-refractivity contribution in [3.05, 3.63) is 36.4 Å². The number of hydrogen-bond acceptors (Lipinski definition) is 5. The van der Waals surface area contributed by atoms with E-state index in [1.807, 2.05) is 30.3 Å². The summed E-state index contributed by atoms with van der Waals surface area (Å²) in [5.74, 6) is 2.94. The second-order valence-electron chi connectivity index (χ2n) is 3.79. The molecule has 94 valence electrons. The Bertz CT molecular complexity index is 502. The Balaban J connectivity index is 2.21. The average molecular weight is 260 g/mol. The van der Waals surface area contributed by atoms with E-state index in [0.717, 1.165) is 23.7 Å². The Kier molecular flexibility index (Phi) is 4.41. The molecule has 1 aromatic carbocycles. The highest BCUT2D eigenvalue weighted by molar-refractivity contribution is 7.98. The number of nitrogens with one attached hydrogen (secondary N) is 1. The Morgan fingerprint density at radius 1 is 1.22 bits per heavy atom. The highest BCUT2D eigenvalue weighted by Gasteiger charge is 2.04. The Morgan fingerprint density at radius 3 is 2.72 bits per heavy atom. The van der Waals surface area contributed by atoms with Crippen LogP contribution in [0.5, 0.6) is 0 Å². The normalized spacial score (nSPS) is 10.3. The van der Waals surface area contributed by atoms with E-state index in [2.05, 4.69) is 21.5 Å². The number of nitrogens with two attached hydrogens (primary N) is 1. The molecule has 0 spiro atoms. The van der Waals surface area contributed by atoms with E-state index in [4.69, 9.17) is 5.73 Å². The van der Waals surface area contributed by atoms with Crippen molar-refractivity contribution in [3.63, 3.8) is 0 Å². The van der Waals surface area contributed by atoms with Crippen molar-refractivity contribution in [2.24, 2.45) is 0 Å². The van der Waals surface area contributed by atoms with Gasteiger partial charge in [0.1, 0.15) is 11.6 Å². The highest BCUT2D eigenvalue weighted by atomic mass is 32.2. The molecule has 5 heteroatoms. The van der Waals surface area contributed by atoms with Crippen LogP contribution in [0, 0.1) is 0 Å². The topological polar surface area (TPSA) is 63.8 Å². The molecule has 0 saturated carbocycles. The molecule has 0 aliphatic carbocycles. The molecular weight excluding hydrogens is 244 g/mol. The lowest BCUT2D eigenvalue weighted by Crippen LogP contribution is -2.07. The predicted molar refractivity (Wildman–Crippen MR) is 78.8 cm³/mol. The van der Waals surface area contributed by atoms with Crippen LogP contribution in [0.15, 0.2) is 36.4 Å². The molecule has 0 radical (unpaired) electrons. The second-order valence-corrected chi connectivity index (χ2v) is 4.77. The minimum absolute atomic E-state index is 0.482. The molecule has 18 heavy (non-hydrogen) atoms. The fourth-order valence-electron chi connectivity index (χ4n) is 1.55. The quantitative estimate of drug-likeness (QED) is 0.809. The lowest BCUT2D eigenvalue weighted by Gasteiger charge is -2.07. The molecule has 0 aliphatic heterocycles. The largest absolute Gasteiger partial charge is 0.384 e. The molecule has 0 amide bonds. The van der Waals surface area contributed by atoms with Crippen molar-refractivity contribution in [3.8, 4) is 11.4 Å². The summed E-state index contributed by atoms with van der Waals surface area (Å²) in [5.41, 5.74) is 6.77. The van der Waals surface area contributed by atoms with E-state index in [1.165, 1.54) is 0 Å². The zero-order valence-electron chi connectivity index (χ0n) is 10.3. The molecular formula is C13H16N4S. The molecule has 0 aliphatic rings. The molecule has 0 saturated heterocycles. The van der Waals surface area contributed by atoms with E-state index < -0.39 is 0 Å². The maximum Gasteiger partial charge on any atom is 0.163 e. The van der Waals surface area contributed by atoms with Crippen LogP contribution in [0.4, 0.5) is 11.6 Å². The number of nitrogen functional groups attached to an aromatic ring is 1. The van der Waals surface area contributed by atoms with Gasteiger partial charge in [-0.3, -0.25) is 0 Å². The van der Waals surface area contributed by atoms with Gasteiger partial charge in [-0.2, -0.15) is 11.8 Å². The van der Waals surface area contributed by atoms with Gasteiger partial charge >= 0.3 is 0 Å². The van der Waals surface area contributed by atoms with Gasteiger partial charge in [0, 0.05) is 23.9 Å². The maximum absolute atomic E-state index is 5.80. The second kappa shape index (κ2) is 6.26. The van der Waals surface area contributed by atoms with Crippen LogP contribution < -0.4 is 11.1 Å². The highest BCUT2D eigenvalue weighted by Crippen LogP contribution is 2.18. The van der Waals surface area contributed by atoms with Crippen molar-refractivity contribution < 1.29 is 0 Å². The molecule has 2 aromatic rings. The van der Waals surface area contributed by atoms with Gasteiger partial charge in [-0.05, 0) is 6.26 Å². The number of thioether (sulfide) groups is 1. The summed E-state index contributed by atoms with van der Waals surface area (Å²) in [5, 5.41) is 3.24. The first-order valence-electron chi connectivity index (χ1n) is 5.72. The maximum atomic E-state index is 5.80. The van der Waals surface area contributed by atoms with E-state index in [9.17, 15) is 0 Å². The minimum Gasteiger partial charge on any atom is -0.384 e. The van der Waals surface area contributed by atoms with Crippen LogP contribution in [-0.2, 0) is 0 Å². The van der Waals surface area contributed by atoms with E-state index >= 15 is 0 Å². The first-order valence-corrected chi connectivity index (χ1v) is 7.12. The van der Waals surface area contributed by atoms with E-state index in [-0.39, 0.29) is 0 Å². The van der Waals surface area contributed by atoms with Crippen molar-refractivity contribution in [1.29, 1.82) is 0 Å². The van der Waals surface area contributed by atoms with Crippen molar-refractivity contribution in [1.82, 2.24) is 9.97 Å². The van der Waals surface area contributed by atoms with Gasteiger partial charge in [0.05, 0.1) is 0 Å². The van der Waals surface area contributed by atoms with Gasteiger partial charge in [-0.25, -0.2) is 9.97 Å². The summed E-state index contributed by atoms with van der Waals surface area (Å²) in [4.78, 5) is 8.72. The van der Waals surface area contributed by atoms with Crippen LogP contribution >= 0.6 is 11.8 Å². The molecule has 0 fully saturated rings. The van der Waals surface area contributed by atoms with Crippen LogP contribution in [0.2, 0.25) is 0 Å². The van der Waals surface area contributed by atoms with Gasteiger partial charge in [-0.1, -0.05) is 30.3 Å². The summed E-state index contributed by atoms with van der Waals surface area (Å²) in [6.07, 6.45) is 2.07. The zero-order valence-corrected chi connectivity index (χ0v) is 11.1. The lowest BCUT2D eigenvalue weighted by atomic mass is 10.2. The molecule has 2 rings (SSSR count). The third-order valence-electron chi connectivity index (χ3n) is 2.39. The minimum atomic E-state index is 0.482. The summed E-state index contributed by atoms with van der Waals surface area (Å²) < 4.78 is 0. The Morgan fingerprint density at radius 2 is 2.00 bits per heavy atom. The fourth-order valence-corrected chi connectivity index (χ4v) is 1.86. The smallest absolute Gasteiger partial charge is 0.163 e. The first kappa shape index (κ1) is 12.7. The molecule has 3 N–H and O–H groups in total. The van der Waals surface area contributed by atoms with Crippen LogP contribution in [0.25, 0.3) is 11.4 Å². The lowest BCUT2D eigenvalue weighted by molar-refractivity contribution is 1.13.